The van der Waals surface area contributed by atoms with Crippen LogP contribution >= 0.6 is 23.1 Å². The molecule has 1 amide bonds. The van der Waals surface area contributed by atoms with Gasteiger partial charge >= 0.3 is 0 Å². The molecule has 2 aromatic heterocycles. The van der Waals surface area contributed by atoms with Crippen molar-refractivity contribution in [3.05, 3.63) is 33.4 Å². The summed E-state index contributed by atoms with van der Waals surface area (Å²) in [6.45, 7) is 4.14. The number of aryl methyl sites for hydroxylation is 2. The third-order valence-electron chi connectivity index (χ3n) is 3.96. The molecule has 0 atom stereocenters. The predicted octanol–water partition coefficient (Wildman–Crippen LogP) is 2.36. The molecule has 2 aromatic rings. The SMILES string of the molecule is C=CCn1c(SCC(=O)NC)nc2sc3c(c2c1=O)CCCC3. The Hall–Kier alpha value is -1.60. The van der Waals surface area contributed by atoms with E-state index in [-0.39, 0.29) is 17.2 Å². The molecule has 5 nitrogen and oxygen atoms in total. The number of thiophene rings is 1. The minimum Gasteiger partial charge on any atom is -0.358 e. The van der Waals surface area contributed by atoms with Crippen molar-refractivity contribution in [2.45, 2.75) is 37.4 Å². The monoisotopic (exact) mass is 349 g/mol. The first-order valence-electron chi connectivity index (χ1n) is 7.65. The van der Waals surface area contributed by atoms with Crippen molar-refractivity contribution >= 4 is 39.2 Å². The second-order valence-electron chi connectivity index (χ2n) is 5.45. The summed E-state index contributed by atoms with van der Waals surface area (Å²) in [5.41, 5.74) is 1.18. The first-order valence-corrected chi connectivity index (χ1v) is 9.45. The van der Waals surface area contributed by atoms with Gasteiger partial charge in [-0.15, -0.1) is 17.9 Å². The number of nitrogens with one attached hydrogen (secondary N) is 1. The summed E-state index contributed by atoms with van der Waals surface area (Å²) in [5, 5.41) is 3.95. The quantitative estimate of drug-likeness (QED) is 0.511. The third kappa shape index (κ3) is 3.07. The minimum absolute atomic E-state index is 0.00583. The Morgan fingerprint density at radius 3 is 3.00 bits per heavy atom. The van der Waals surface area contributed by atoms with E-state index in [2.05, 4.69) is 16.9 Å². The van der Waals surface area contributed by atoms with Crippen molar-refractivity contribution in [1.29, 1.82) is 0 Å². The lowest BCUT2D eigenvalue weighted by Gasteiger charge is -2.12. The highest BCUT2D eigenvalue weighted by Crippen LogP contribution is 2.34. The highest BCUT2D eigenvalue weighted by Gasteiger charge is 2.22. The van der Waals surface area contributed by atoms with Crippen molar-refractivity contribution in [3.63, 3.8) is 0 Å². The third-order valence-corrected chi connectivity index (χ3v) is 6.12. The average molecular weight is 349 g/mol. The molecule has 1 N–H and O–H groups in total. The summed E-state index contributed by atoms with van der Waals surface area (Å²) in [6, 6.07) is 0. The molecule has 0 bridgehead atoms. The fraction of sp³-hybridized carbons (Fsp3) is 0.438. The van der Waals surface area contributed by atoms with Gasteiger partial charge in [0.05, 0.1) is 11.1 Å². The van der Waals surface area contributed by atoms with Crippen LogP contribution in [0.1, 0.15) is 23.3 Å². The van der Waals surface area contributed by atoms with Gasteiger partial charge in [-0.1, -0.05) is 17.8 Å². The molecule has 1 aliphatic carbocycles. The molecule has 0 aliphatic heterocycles. The molecule has 122 valence electrons. The Morgan fingerprint density at radius 2 is 2.26 bits per heavy atom. The number of allylic oxidation sites excluding steroid dienone is 1. The van der Waals surface area contributed by atoms with Gasteiger partial charge in [0, 0.05) is 18.5 Å². The lowest BCUT2D eigenvalue weighted by molar-refractivity contribution is -0.118. The van der Waals surface area contributed by atoms with Crippen LogP contribution < -0.4 is 10.9 Å². The maximum absolute atomic E-state index is 13.0. The van der Waals surface area contributed by atoms with E-state index in [1.807, 2.05) is 0 Å². The zero-order valence-corrected chi connectivity index (χ0v) is 14.7. The smallest absolute Gasteiger partial charge is 0.263 e. The molecule has 23 heavy (non-hydrogen) atoms. The Labute approximate surface area is 142 Å². The maximum Gasteiger partial charge on any atom is 0.263 e. The highest BCUT2D eigenvalue weighted by molar-refractivity contribution is 7.99. The number of carbonyl (C=O) groups is 1. The zero-order valence-electron chi connectivity index (χ0n) is 13.1. The molecule has 3 rings (SSSR count). The summed E-state index contributed by atoms with van der Waals surface area (Å²) in [4.78, 5) is 31.2. The van der Waals surface area contributed by atoms with Crippen LogP contribution in [0.15, 0.2) is 22.6 Å². The Balaban J connectivity index is 2.12. The van der Waals surface area contributed by atoms with Gasteiger partial charge in [0.1, 0.15) is 4.83 Å². The standard InChI is InChI=1S/C16H19N3O2S2/c1-3-8-19-15(21)13-10-6-4-5-7-11(10)23-14(13)18-16(19)22-9-12(20)17-2/h3H,1,4-9H2,2H3,(H,17,20). The van der Waals surface area contributed by atoms with E-state index < -0.39 is 0 Å². The van der Waals surface area contributed by atoms with E-state index >= 15 is 0 Å². The maximum atomic E-state index is 13.0. The number of carbonyl (C=O) groups excluding carboxylic acids is 1. The van der Waals surface area contributed by atoms with E-state index in [1.54, 1.807) is 29.0 Å². The van der Waals surface area contributed by atoms with Crippen LogP contribution in [0.3, 0.4) is 0 Å². The summed E-state index contributed by atoms with van der Waals surface area (Å²) in [7, 11) is 1.60. The van der Waals surface area contributed by atoms with Crippen LogP contribution in [0.5, 0.6) is 0 Å². The van der Waals surface area contributed by atoms with Crippen molar-refractivity contribution in [1.82, 2.24) is 14.9 Å². The van der Waals surface area contributed by atoms with Gasteiger partial charge in [0.2, 0.25) is 5.91 Å². The Kier molecular flexibility index (Phi) is 4.87. The molecule has 0 saturated carbocycles. The van der Waals surface area contributed by atoms with Gasteiger partial charge < -0.3 is 5.32 Å². The number of rotatable bonds is 5. The molecular weight excluding hydrogens is 330 g/mol. The molecule has 0 saturated heterocycles. The molecule has 0 aromatic carbocycles. The van der Waals surface area contributed by atoms with Crippen LogP contribution in [-0.2, 0) is 24.2 Å². The molecular formula is C16H19N3O2S2. The number of amides is 1. The number of hydrogen-bond donors (Lipinski definition) is 1. The molecule has 0 radical (unpaired) electrons. The number of aromatic nitrogens is 2. The van der Waals surface area contributed by atoms with Gasteiger partial charge in [-0.05, 0) is 31.2 Å². The molecule has 0 fully saturated rings. The zero-order chi connectivity index (χ0) is 16.4. The molecule has 1 aliphatic rings. The second kappa shape index (κ2) is 6.88. The fourth-order valence-corrected chi connectivity index (χ4v) is 5.01. The number of thioether (sulfide) groups is 1. The van der Waals surface area contributed by atoms with E-state index in [9.17, 15) is 9.59 Å². The van der Waals surface area contributed by atoms with E-state index in [0.717, 1.165) is 29.5 Å². The van der Waals surface area contributed by atoms with Gasteiger partial charge in [-0.25, -0.2) is 4.98 Å². The number of fused-ring (bicyclic) bond motifs is 3. The molecule has 0 spiro atoms. The topological polar surface area (TPSA) is 64.0 Å². The number of hydrogen-bond acceptors (Lipinski definition) is 5. The van der Waals surface area contributed by atoms with Crippen LogP contribution in [-0.4, -0.2) is 28.3 Å². The lowest BCUT2D eigenvalue weighted by atomic mass is 9.97. The summed E-state index contributed by atoms with van der Waals surface area (Å²) in [5.74, 6) is 0.163. The Morgan fingerprint density at radius 1 is 1.48 bits per heavy atom. The van der Waals surface area contributed by atoms with Crippen molar-refractivity contribution < 1.29 is 4.79 Å². The van der Waals surface area contributed by atoms with Gasteiger partial charge in [-0.2, -0.15) is 0 Å². The minimum atomic E-state index is -0.0834. The number of nitrogens with zero attached hydrogens (tertiary/aromatic N) is 2. The lowest BCUT2D eigenvalue weighted by Crippen LogP contribution is -2.25. The summed E-state index contributed by atoms with van der Waals surface area (Å²) in [6.07, 6.45) is 6.01. The van der Waals surface area contributed by atoms with Crippen LogP contribution in [0.2, 0.25) is 0 Å². The Bertz CT molecular complexity index is 823. The molecule has 7 heteroatoms. The van der Waals surface area contributed by atoms with Crippen molar-refractivity contribution in [3.8, 4) is 0 Å². The normalized spacial score (nSPS) is 13.8. The van der Waals surface area contributed by atoms with Gasteiger partial charge in [0.15, 0.2) is 5.16 Å². The molecule has 0 unspecified atom stereocenters. The second-order valence-corrected chi connectivity index (χ2v) is 7.48. The fourth-order valence-electron chi connectivity index (χ4n) is 2.82. The van der Waals surface area contributed by atoms with Crippen LogP contribution in [0.25, 0.3) is 10.2 Å². The predicted molar refractivity (Wildman–Crippen MR) is 95.5 cm³/mol. The highest BCUT2D eigenvalue weighted by atomic mass is 32.2. The van der Waals surface area contributed by atoms with Crippen LogP contribution in [0, 0.1) is 0 Å². The largest absolute Gasteiger partial charge is 0.358 e. The first kappa shape index (κ1) is 16.3. The van der Waals surface area contributed by atoms with E-state index in [4.69, 9.17) is 0 Å². The summed E-state index contributed by atoms with van der Waals surface area (Å²) < 4.78 is 1.63. The van der Waals surface area contributed by atoms with E-state index in [1.165, 1.54) is 28.6 Å². The van der Waals surface area contributed by atoms with Crippen LogP contribution in [0.4, 0.5) is 0 Å². The summed E-state index contributed by atoms with van der Waals surface area (Å²) >= 11 is 2.92. The van der Waals surface area contributed by atoms with Crippen molar-refractivity contribution in [2.75, 3.05) is 12.8 Å². The van der Waals surface area contributed by atoms with Crippen molar-refractivity contribution in [2.24, 2.45) is 0 Å². The first-order chi connectivity index (χ1) is 11.2. The van der Waals surface area contributed by atoms with Gasteiger partial charge in [-0.3, -0.25) is 14.2 Å². The average Bonchev–Trinajstić information content (AvgIpc) is 2.94. The van der Waals surface area contributed by atoms with Gasteiger partial charge in [0.25, 0.3) is 5.56 Å². The van der Waals surface area contributed by atoms with E-state index in [0.29, 0.717) is 11.7 Å². The molecule has 2 heterocycles.